The second kappa shape index (κ2) is 3.43. The van der Waals surface area contributed by atoms with Crippen molar-refractivity contribution in [1.29, 1.82) is 0 Å². The summed E-state index contributed by atoms with van der Waals surface area (Å²) in [6.07, 6.45) is 0.755. The highest BCUT2D eigenvalue weighted by Crippen LogP contribution is 2.24. The second-order valence-corrected chi connectivity index (χ2v) is 3.71. The van der Waals surface area contributed by atoms with Crippen LogP contribution in [0.1, 0.15) is 22.5 Å². The number of nitrogens with zero attached hydrogens (tertiary/aromatic N) is 5. The third kappa shape index (κ3) is 1.40. The van der Waals surface area contributed by atoms with Crippen molar-refractivity contribution in [3.05, 3.63) is 22.7 Å². The fourth-order valence-corrected chi connectivity index (χ4v) is 1.78. The van der Waals surface area contributed by atoms with Crippen LogP contribution in [0.5, 0.6) is 0 Å². The zero-order chi connectivity index (χ0) is 10.1. The summed E-state index contributed by atoms with van der Waals surface area (Å²) in [5.74, 6) is 0.499. The van der Waals surface area contributed by atoms with Crippen molar-refractivity contribution in [3.63, 3.8) is 0 Å². The topological polar surface area (TPSA) is 76.7 Å². The molecular formula is C7H9N5OS. The Labute approximate surface area is 84.4 Å². The van der Waals surface area contributed by atoms with E-state index in [-0.39, 0.29) is 0 Å². The molecule has 0 aliphatic heterocycles. The van der Waals surface area contributed by atoms with Crippen LogP contribution in [-0.2, 0) is 7.05 Å². The van der Waals surface area contributed by atoms with E-state index in [9.17, 15) is 5.11 Å². The van der Waals surface area contributed by atoms with Crippen LogP contribution in [0.3, 0.4) is 0 Å². The van der Waals surface area contributed by atoms with Gasteiger partial charge in [0.15, 0.2) is 11.9 Å². The molecule has 0 fully saturated rings. The van der Waals surface area contributed by atoms with Gasteiger partial charge >= 0.3 is 0 Å². The summed E-state index contributed by atoms with van der Waals surface area (Å²) in [6, 6.07) is 0. The lowest BCUT2D eigenvalue weighted by molar-refractivity contribution is 0.208. The third-order valence-corrected chi connectivity index (χ3v) is 2.80. The molecule has 2 rings (SSSR count). The molecule has 74 valence electrons. The minimum absolute atomic E-state index is 0.499. The molecule has 0 radical (unpaired) electrons. The van der Waals surface area contributed by atoms with E-state index in [1.807, 2.05) is 0 Å². The maximum atomic E-state index is 9.94. The van der Waals surface area contributed by atoms with Crippen LogP contribution in [0.4, 0.5) is 0 Å². The zero-order valence-electron chi connectivity index (χ0n) is 7.75. The van der Waals surface area contributed by atoms with Crippen molar-refractivity contribution in [2.24, 2.45) is 7.05 Å². The van der Waals surface area contributed by atoms with E-state index in [1.54, 1.807) is 24.9 Å². The third-order valence-electron chi connectivity index (χ3n) is 1.93. The minimum Gasteiger partial charge on any atom is -0.379 e. The molecule has 0 bridgehead atoms. The summed E-state index contributed by atoms with van der Waals surface area (Å²) in [5.41, 5.74) is 0.727. The lowest BCUT2D eigenvalue weighted by atomic mass is 10.2. The predicted molar refractivity (Wildman–Crippen MR) is 49.7 cm³/mol. The molecule has 1 N–H and O–H groups in total. The highest BCUT2D eigenvalue weighted by molar-refractivity contribution is 7.05. The van der Waals surface area contributed by atoms with E-state index >= 15 is 0 Å². The Morgan fingerprint density at radius 2 is 2.29 bits per heavy atom. The van der Waals surface area contributed by atoms with Crippen LogP contribution in [0.25, 0.3) is 0 Å². The number of aliphatic hydroxyl groups excluding tert-OH is 1. The highest BCUT2D eigenvalue weighted by atomic mass is 32.1. The minimum atomic E-state index is -0.789. The molecule has 0 aliphatic carbocycles. The molecule has 1 unspecified atom stereocenters. The molecule has 6 nitrogen and oxygen atoms in total. The zero-order valence-corrected chi connectivity index (χ0v) is 8.56. The van der Waals surface area contributed by atoms with Crippen molar-refractivity contribution >= 4 is 11.5 Å². The number of aliphatic hydroxyl groups is 1. The van der Waals surface area contributed by atoms with Crippen molar-refractivity contribution in [2.45, 2.75) is 13.0 Å². The second-order valence-electron chi connectivity index (χ2n) is 2.93. The number of aromatic nitrogens is 5. The molecular weight excluding hydrogens is 202 g/mol. The Hall–Kier alpha value is -1.34. The molecule has 0 amide bonds. The van der Waals surface area contributed by atoms with Crippen LogP contribution in [0.15, 0.2) is 6.33 Å². The summed E-state index contributed by atoms with van der Waals surface area (Å²) in [7, 11) is 1.78. The van der Waals surface area contributed by atoms with E-state index in [0.29, 0.717) is 10.7 Å². The quantitative estimate of drug-likeness (QED) is 0.760. The van der Waals surface area contributed by atoms with E-state index in [4.69, 9.17) is 0 Å². The van der Waals surface area contributed by atoms with Crippen LogP contribution in [0.2, 0.25) is 0 Å². The van der Waals surface area contributed by atoms with Crippen LogP contribution >= 0.6 is 11.5 Å². The summed E-state index contributed by atoms with van der Waals surface area (Å²) >= 11 is 1.17. The maximum Gasteiger partial charge on any atom is 0.167 e. The number of hydrogen-bond donors (Lipinski definition) is 1. The first-order valence-corrected chi connectivity index (χ1v) is 4.78. The molecule has 7 heteroatoms. The fourth-order valence-electron chi connectivity index (χ4n) is 1.15. The molecule has 14 heavy (non-hydrogen) atoms. The molecule has 2 aromatic rings. The normalized spacial score (nSPS) is 13.1. The van der Waals surface area contributed by atoms with Gasteiger partial charge in [-0.05, 0) is 18.5 Å². The van der Waals surface area contributed by atoms with E-state index in [0.717, 1.165) is 5.69 Å². The Morgan fingerprint density at radius 1 is 1.50 bits per heavy atom. The molecule has 2 aromatic heterocycles. The lowest BCUT2D eigenvalue weighted by Gasteiger charge is -2.06. The van der Waals surface area contributed by atoms with Crippen molar-refractivity contribution in [1.82, 2.24) is 24.4 Å². The van der Waals surface area contributed by atoms with Gasteiger partial charge in [-0.1, -0.05) is 4.49 Å². The first-order chi connectivity index (χ1) is 6.70. The SMILES string of the molecule is Cc1nnsc1C(O)c1nncn1C. The van der Waals surface area contributed by atoms with Gasteiger partial charge in [0.05, 0.1) is 10.6 Å². The summed E-state index contributed by atoms with van der Waals surface area (Å²) in [6.45, 7) is 1.80. The molecule has 0 saturated heterocycles. The molecule has 0 spiro atoms. The number of hydrogen-bond acceptors (Lipinski definition) is 6. The van der Waals surface area contributed by atoms with Crippen molar-refractivity contribution in [2.75, 3.05) is 0 Å². The van der Waals surface area contributed by atoms with E-state index in [1.165, 1.54) is 11.5 Å². The first kappa shape index (κ1) is 9.22. The van der Waals surface area contributed by atoms with Gasteiger partial charge in [0, 0.05) is 7.05 Å². The van der Waals surface area contributed by atoms with Gasteiger partial charge in [-0.3, -0.25) is 0 Å². The number of aryl methyl sites for hydroxylation is 2. The molecule has 1 atom stereocenters. The van der Waals surface area contributed by atoms with Gasteiger partial charge in [0.2, 0.25) is 0 Å². The van der Waals surface area contributed by atoms with Gasteiger partial charge in [0.25, 0.3) is 0 Å². The fraction of sp³-hybridized carbons (Fsp3) is 0.429. The van der Waals surface area contributed by atoms with Crippen molar-refractivity contribution < 1.29 is 5.11 Å². The largest absolute Gasteiger partial charge is 0.379 e. The average Bonchev–Trinajstić information content (AvgIpc) is 2.73. The van der Waals surface area contributed by atoms with Gasteiger partial charge in [0.1, 0.15) is 6.33 Å². The van der Waals surface area contributed by atoms with Gasteiger partial charge in [-0.25, -0.2) is 0 Å². The van der Waals surface area contributed by atoms with E-state index in [2.05, 4.69) is 19.8 Å². The summed E-state index contributed by atoms with van der Waals surface area (Å²) < 4.78 is 5.43. The Bertz CT molecular complexity index is 396. The Balaban J connectivity index is 2.38. The standard InChI is InChI=1S/C7H9N5OS/c1-4-6(14-11-9-4)5(13)7-10-8-3-12(7)2/h3,5,13H,1-2H3. The van der Waals surface area contributed by atoms with Gasteiger partial charge in [-0.2, -0.15) is 0 Å². The van der Waals surface area contributed by atoms with Gasteiger partial charge in [-0.15, -0.1) is 15.3 Å². The number of rotatable bonds is 2. The first-order valence-electron chi connectivity index (χ1n) is 4.01. The summed E-state index contributed by atoms with van der Waals surface area (Å²) in [4.78, 5) is 0.709. The van der Waals surface area contributed by atoms with Crippen LogP contribution in [-0.4, -0.2) is 29.5 Å². The van der Waals surface area contributed by atoms with Gasteiger partial charge < -0.3 is 9.67 Å². The average molecular weight is 211 g/mol. The maximum absolute atomic E-state index is 9.94. The lowest BCUT2D eigenvalue weighted by Crippen LogP contribution is -2.06. The van der Waals surface area contributed by atoms with Crippen LogP contribution in [0, 0.1) is 6.92 Å². The predicted octanol–water partition coefficient (Wildman–Crippen LogP) is 0.0567. The highest BCUT2D eigenvalue weighted by Gasteiger charge is 2.20. The molecule has 2 heterocycles. The monoisotopic (exact) mass is 211 g/mol. The molecule has 0 aromatic carbocycles. The van der Waals surface area contributed by atoms with Crippen molar-refractivity contribution in [3.8, 4) is 0 Å². The van der Waals surface area contributed by atoms with E-state index < -0.39 is 6.10 Å². The summed E-state index contributed by atoms with van der Waals surface area (Å²) in [5, 5.41) is 21.3. The Morgan fingerprint density at radius 3 is 2.79 bits per heavy atom. The van der Waals surface area contributed by atoms with Crippen LogP contribution < -0.4 is 0 Å². The smallest absolute Gasteiger partial charge is 0.167 e. The molecule has 0 saturated carbocycles. The molecule has 0 aliphatic rings. The Kier molecular flexibility index (Phi) is 2.26.